The first-order valence-corrected chi connectivity index (χ1v) is 5.38. The average Bonchev–Trinajstić information content (AvgIpc) is 2.63. The smallest absolute Gasteiger partial charge is 0.312 e. The summed E-state index contributed by atoms with van der Waals surface area (Å²) in [6.45, 7) is 3.34. The predicted octanol–water partition coefficient (Wildman–Crippen LogP) is -2.98. The van der Waals surface area contributed by atoms with Gasteiger partial charge in [0.2, 0.25) is 0 Å². The van der Waals surface area contributed by atoms with Crippen molar-refractivity contribution in [3.8, 4) is 5.69 Å². The molecule has 2 rings (SSSR count). The van der Waals surface area contributed by atoms with Crippen LogP contribution in [-0.2, 0) is 0 Å². The molecule has 2 aromatic rings. The molecule has 9 heteroatoms. The Morgan fingerprint density at radius 1 is 1.20 bits per heavy atom. The van der Waals surface area contributed by atoms with Crippen LogP contribution in [0.5, 0.6) is 0 Å². The number of hydrogen-bond acceptors (Lipinski definition) is 6. The minimum absolute atomic E-state index is 0.180. The summed E-state index contributed by atoms with van der Waals surface area (Å²) in [6, 6.07) is 0. The first-order chi connectivity index (χ1) is 9.51. The van der Waals surface area contributed by atoms with Gasteiger partial charge in [0.15, 0.2) is 10.7 Å². The van der Waals surface area contributed by atoms with E-state index in [1.807, 2.05) is 4.98 Å². The molecule has 0 radical (unpaired) electrons. The molecule has 0 atom stereocenters. The van der Waals surface area contributed by atoms with Crippen LogP contribution < -0.4 is 33.1 Å². The fourth-order valence-corrected chi connectivity index (χ4v) is 1.70. The van der Waals surface area contributed by atoms with Gasteiger partial charge in [-0.05, 0) is 0 Å². The Labute approximate surface area is 109 Å². The summed E-state index contributed by atoms with van der Waals surface area (Å²) in [5.41, 5.74) is -3.54. The molecule has 2 N–H and O–H groups in total. The van der Waals surface area contributed by atoms with Crippen LogP contribution in [-0.4, -0.2) is 21.6 Å². The topological polar surface area (TPSA) is 130 Å². The number of aromatic nitrogens is 3. The molecule has 0 aliphatic heterocycles. The summed E-state index contributed by atoms with van der Waals surface area (Å²) in [7, 11) is 1.32. The molecule has 0 aliphatic rings. The highest BCUT2D eigenvalue weighted by Crippen LogP contribution is 1.84. The van der Waals surface area contributed by atoms with Crippen molar-refractivity contribution in [1.82, 2.24) is 14.5 Å². The Hall–Kier alpha value is -3.10. The number of nitrogens with zero attached hydrogens (tertiary/aromatic N) is 3. The molecule has 102 valence electrons. The lowest BCUT2D eigenvalue weighted by Crippen LogP contribution is -2.37. The number of H-pyrrole nitrogens is 2. The maximum atomic E-state index is 12.1. The van der Waals surface area contributed by atoms with Crippen LogP contribution in [0.4, 0.5) is 0 Å². The van der Waals surface area contributed by atoms with Crippen molar-refractivity contribution >= 4 is 0 Å². The van der Waals surface area contributed by atoms with Gasteiger partial charge in [-0.15, -0.1) is 0 Å². The van der Waals surface area contributed by atoms with Crippen molar-refractivity contribution in [2.24, 2.45) is 9.98 Å². The molecule has 2 aromatic heterocycles. The first-order valence-electron chi connectivity index (χ1n) is 5.38. The van der Waals surface area contributed by atoms with Crippen molar-refractivity contribution < 1.29 is 0 Å². The number of nitrogens with one attached hydrogen (secondary N) is 2. The summed E-state index contributed by atoms with van der Waals surface area (Å²) >= 11 is 0. The van der Waals surface area contributed by atoms with E-state index in [0.717, 1.165) is 12.4 Å². The van der Waals surface area contributed by atoms with Crippen LogP contribution >= 0.6 is 0 Å². The van der Waals surface area contributed by atoms with Crippen molar-refractivity contribution in [3.63, 3.8) is 0 Å². The van der Waals surface area contributed by atoms with E-state index >= 15 is 0 Å². The molecule has 20 heavy (non-hydrogen) atoms. The molecule has 0 unspecified atom stereocenters. The second-order valence-corrected chi connectivity index (χ2v) is 3.64. The third kappa shape index (κ3) is 1.90. The van der Waals surface area contributed by atoms with Crippen molar-refractivity contribution in [1.29, 1.82) is 0 Å². The van der Waals surface area contributed by atoms with Crippen LogP contribution in [0.15, 0.2) is 48.1 Å². The Balaban J connectivity index is 3.06. The lowest BCUT2D eigenvalue weighted by Gasteiger charge is -1.96. The monoisotopic (exact) mass is 275 g/mol. The normalized spacial score (nSPS) is 12.8. The first kappa shape index (κ1) is 13.3. The molecule has 9 nitrogen and oxygen atoms in total. The summed E-state index contributed by atoms with van der Waals surface area (Å²) in [6.07, 6.45) is 2.06. The van der Waals surface area contributed by atoms with Crippen molar-refractivity contribution in [3.05, 3.63) is 71.2 Å². The average molecular weight is 275 g/mol. The molecule has 0 saturated carbocycles. The molecular weight excluding hydrogens is 266 g/mol. The third-order valence-electron chi connectivity index (χ3n) is 2.52. The quantitative estimate of drug-likeness (QED) is 0.605. The zero-order valence-corrected chi connectivity index (χ0v) is 10.3. The molecule has 0 bridgehead atoms. The fraction of sp³-hybridized carbons (Fsp3) is 0.0909. The van der Waals surface area contributed by atoms with Gasteiger partial charge in [0.1, 0.15) is 5.69 Å². The molecular formula is C11H9N5O4. The molecule has 0 saturated heterocycles. The van der Waals surface area contributed by atoms with E-state index < -0.39 is 22.4 Å². The molecule has 0 spiro atoms. The van der Waals surface area contributed by atoms with Gasteiger partial charge in [-0.25, -0.2) is 14.4 Å². The molecule has 0 aromatic carbocycles. The lowest BCUT2D eigenvalue weighted by molar-refractivity contribution is 0.902. The van der Waals surface area contributed by atoms with E-state index in [4.69, 9.17) is 0 Å². The van der Waals surface area contributed by atoms with Crippen molar-refractivity contribution in [2.45, 2.75) is 0 Å². The van der Waals surface area contributed by atoms with Crippen LogP contribution in [0.2, 0.25) is 0 Å². The maximum absolute atomic E-state index is 12.1. The highest BCUT2D eigenvalue weighted by molar-refractivity contribution is 5.25. The van der Waals surface area contributed by atoms with E-state index in [1.54, 1.807) is 0 Å². The van der Waals surface area contributed by atoms with Gasteiger partial charge >= 0.3 is 5.69 Å². The molecule has 0 aliphatic carbocycles. The maximum Gasteiger partial charge on any atom is 0.325 e. The molecule has 0 amide bonds. The van der Waals surface area contributed by atoms with E-state index in [9.17, 15) is 19.2 Å². The van der Waals surface area contributed by atoms with Gasteiger partial charge in [0.05, 0.1) is 0 Å². The highest BCUT2D eigenvalue weighted by Gasteiger charge is 2.15. The highest BCUT2D eigenvalue weighted by atomic mass is 16.2. The van der Waals surface area contributed by atoms with Gasteiger partial charge in [0, 0.05) is 19.4 Å². The number of hydrogen-bond donors (Lipinski definition) is 2. The minimum atomic E-state index is -0.870. The zero-order valence-electron chi connectivity index (χ0n) is 10.3. The van der Waals surface area contributed by atoms with Crippen LogP contribution in [0, 0.1) is 0 Å². The van der Waals surface area contributed by atoms with Gasteiger partial charge in [-0.1, -0.05) is 6.58 Å². The van der Waals surface area contributed by atoms with Crippen LogP contribution in [0.25, 0.3) is 5.69 Å². The van der Waals surface area contributed by atoms with E-state index in [1.165, 1.54) is 7.05 Å². The van der Waals surface area contributed by atoms with Gasteiger partial charge in [0.25, 0.3) is 16.7 Å². The van der Waals surface area contributed by atoms with Gasteiger partial charge in [-0.2, -0.15) is 0 Å². The van der Waals surface area contributed by atoms with E-state index in [2.05, 4.69) is 21.5 Å². The Bertz CT molecular complexity index is 1010. The summed E-state index contributed by atoms with van der Waals surface area (Å²) in [5.74, 6) is 0. The summed E-state index contributed by atoms with van der Waals surface area (Å²) in [5, 5.41) is -0.390. The van der Waals surface area contributed by atoms with Crippen LogP contribution in [0.3, 0.4) is 0 Å². The Kier molecular flexibility index (Phi) is 3.25. The van der Waals surface area contributed by atoms with Gasteiger partial charge < -0.3 is 4.98 Å². The van der Waals surface area contributed by atoms with E-state index in [-0.39, 0.29) is 16.4 Å². The Morgan fingerprint density at radius 2 is 1.85 bits per heavy atom. The third-order valence-corrected chi connectivity index (χ3v) is 2.52. The molecule has 0 fully saturated rings. The largest absolute Gasteiger partial charge is 0.325 e. The minimum Gasteiger partial charge on any atom is -0.312 e. The summed E-state index contributed by atoms with van der Waals surface area (Å²) in [4.78, 5) is 58.3. The molecule has 2 heterocycles. The van der Waals surface area contributed by atoms with Crippen molar-refractivity contribution in [2.75, 3.05) is 7.05 Å². The summed E-state index contributed by atoms with van der Waals surface area (Å²) < 4.78 is 0.597. The second kappa shape index (κ2) is 4.88. The predicted molar refractivity (Wildman–Crippen MR) is 69.2 cm³/mol. The standard InChI is InChI=1S/C11H9N5O4/c1-3-13-7-6(12-2)9(18)16(10(7)19)5-4-14-11(20)15-8(5)17/h3-4H,1H2,2H3,(H2,14,15,17,20). The van der Waals surface area contributed by atoms with Crippen LogP contribution in [0.1, 0.15) is 0 Å². The second-order valence-electron chi connectivity index (χ2n) is 3.64. The SMILES string of the molecule is C=CN=c1c(=NC)c(=O)n(-c2c[nH]c(=O)[nH]c2=O)c1=O. The number of rotatable bonds is 2. The van der Waals surface area contributed by atoms with E-state index in [0.29, 0.717) is 4.57 Å². The Morgan fingerprint density at radius 3 is 2.40 bits per heavy atom. The number of aromatic amines is 2. The van der Waals surface area contributed by atoms with Gasteiger partial charge in [-0.3, -0.25) is 24.4 Å². The zero-order chi connectivity index (χ0) is 14.9. The lowest BCUT2D eigenvalue weighted by atomic mass is 10.5. The fourth-order valence-electron chi connectivity index (χ4n) is 1.70.